The van der Waals surface area contributed by atoms with Crippen LogP contribution in [-0.2, 0) is 11.0 Å². The fourth-order valence-electron chi connectivity index (χ4n) is 2.52. The summed E-state index contributed by atoms with van der Waals surface area (Å²) in [5.74, 6) is 0.103. The topological polar surface area (TPSA) is 57.8 Å². The molecule has 0 bridgehead atoms. The van der Waals surface area contributed by atoms with E-state index in [2.05, 4.69) is 15.3 Å². The first kappa shape index (κ1) is 19.0. The first-order valence-corrected chi connectivity index (χ1v) is 8.42. The summed E-state index contributed by atoms with van der Waals surface area (Å²) in [6.07, 6.45) is -2.09. The number of nitrogens with one attached hydrogen (secondary N) is 2. The molecule has 0 spiro atoms. The molecule has 1 aromatic heterocycles. The number of halogens is 4. The van der Waals surface area contributed by atoms with Crippen molar-refractivity contribution in [2.24, 2.45) is 0 Å². The average molecular weight is 394 g/mol. The van der Waals surface area contributed by atoms with Gasteiger partial charge in [-0.15, -0.1) is 0 Å². The largest absolute Gasteiger partial charge is 0.416 e. The average Bonchev–Trinajstić information content (AvgIpc) is 3.04. The molecule has 0 saturated heterocycles. The molecule has 2 N–H and O–H groups in total. The van der Waals surface area contributed by atoms with Gasteiger partial charge in [0.1, 0.15) is 5.82 Å². The Morgan fingerprint density at radius 3 is 2.70 bits per heavy atom. The highest BCUT2D eigenvalue weighted by Gasteiger charge is 2.30. The molecule has 1 atom stereocenters. The van der Waals surface area contributed by atoms with Crippen molar-refractivity contribution in [3.63, 3.8) is 0 Å². The lowest BCUT2D eigenvalue weighted by molar-refractivity contribution is -0.137. The number of aromatic nitrogens is 2. The number of rotatable bonds is 4. The van der Waals surface area contributed by atoms with Gasteiger partial charge >= 0.3 is 6.18 Å². The summed E-state index contributed by atoms with van der Waals surface area (Å²) < 4.78 is 38.4. The van der Waals surface area contributed by atoms with Crippen molar-refractivity contribution in [2.45, 2.75) is 19.1 Å². The zero-order chi connectivity index (χ0) is 19.6. The number of para-hydroxylation sites is 2. The van der Waals surface area contributed by atoms with Crippen molar-refractivity contribution >= 4 is 34.6 Å². The maximum atomic E-state index is 12.8. The number of fused-ring (bicyclic) bond motifs is 1. The van der Waals surface area contributed by atoms with Gasteiger partial charge in [-0.1, -0.05) is 23.7 Å². The predicted octanol–water partition coefficient (Wildman–Crippen LogP) is 5.13. The van der Waals surface area contributed by atoms with Crippen molar-refractivity contribution in [3.05, 3.63) is 70.5 Å². The Labute approximate surface area is 158 Å². The van der Waals surface area contributed by atoms with Crippen LogP contribution in [0, 0.1) is 0 Å². The fourth-order valence-corrected chi connectivity index (χ4v) is 2.70. The minimum Gasteiger partial charge on any atom is -0.343 e. The van der Waals surface area contributed by atoms with Crippen LogP contribution in [0.1, 0.15) is 29.9 Å². The molecule has 27 heavy (non-hydrogen) atoms. The third kappa shape index (κ3) is 4.49. The Bertz CT molecular complexity index is 978. The molecule has 0 aliphatic carbocycles. The first-order chi connectivity index (χ1) is 12.7. The summed E-state index contributed by atoms with van der Waals surface area (Å²) >= 11 is 5.91. The van der Waals surface area contributed by atoms with Crippen molar-refractivity contribution in [1.82, 2.24) is 15.3 Å². The van der Waals surface area contributed by atoms with Crippen molar-refractivity contribution in [3.8, 4) is 0 Å². The second kappa shape index (κ2) is 7.44. The molecule has 3 aromatic rings. The molecule has 0 unspecified atom stereocenters. The van der Waals surface area contributed by atoms with E-state index in [0.717, 1.165) is 35.3 Å². The fraction of sp³-hybridized carbons (Fsp3) is 0.158. The van der Waals surface area contributed by atoms with Crippen molar-refractivity contribution in [1.29, 1.82) is 0 Å². The van der Waals surface area contributed by atoms with E-state index in [9.17, 15) is 18.0 Å². The standard InChI is InChI=1S/C19H15ClF3N3O/c1-11(18-25-15-4-2-3-5-16(15)26-18)24-17(27)9-6-12-10-13(19(21,22)23)7-8-14(12)20/h2-11H,1H3,(H,24,27)(H,25,26)/b9-6-/t11-/m0/s1. The van der Waals surface area contributed by atoms with Gasteiger partial charge < -0.3 is 10.3 Å². The van der Waals surface area contributed by atoms with Crippen molar-refractivity contribution < 1.29 is 18.0 Å². The number of nitrogens with zero attached hydrogens (tertiary/aromatic N) is 1. The van der Waals surface area contributed by atoms with Gasteiger partial charge in [0.05, 0.1) is 22.6 Å². The van der Waals surface area contributed by atoms with Gasteiger partial charge in [0.15, 0.2) is 0 Å². The number of hydrogen-bond acceptors (Lipinski definition) is 2. The smallest absolute Gasteiger partial charge is 0.343 e. The SMILES string of the molecule is C[C@H](NC(=O)/C=C\c1cc(C(F)(F)F)ccc1Cl)c1nc2ccccc2[nH]1. The minimum absolute atomic E-state index is 0.109. The Hall–Kier alpha value is -2.80. The minimum atomic E-state index is -4.48. The zero-order valence-corrected chi connectivity index (χ0v) is 14.9. The van der Waals surface area contributed by atoms with Crippen LogP contribution in [0.5, 0.6) is 0 Å². The van der Waals surface area contributed by atoms with E-state index in [4.69, 9.17) is 11.6 Å². The van der Waals surface area contributed by atoms with Crippen LogP contribution in [0.2, 0.25) is 5.02 Å². The molecule has 0 aliphatic rings. The quantitative estimate of drug-likeness (QED) is 0.604. The lowest BCUT2D eigenvalue weighted by Gasteiger charge is -2.10. The number of carbonyl (C=O) groups is 1. The predicted molar refractivity (Wildman–Crippen MR) is 98.1 cm³/mol. The second-order valence-electron chi connectivity index (χ2n) is 5.94. The number of amides is 1. The second-order valence-corrected chi connectivity index (χ2v) is 6.34. The number of carbonyl (C=O) groups excluding carboxylic acids is 1. The van der Waals surface area contributed by atoms with E-state index < -0.39 is 23.7 Å². The molecular formula is C19H15ClF3N3O. The highest BCUT2D eigenvalue weighted by Crippen LogP contribution is 2.32. The molecule has 0 aliphatic heterocycles. The third-order valence-corrected chi connectivity index (χ3v) is 4.26. The van der Waals surface area contributed by atoms with E-state index in [0.29, 0.717) is 5.82 Å². The van der Waals surface area contributed by atoms with Gasteiger partial charge in [0, 0.05) is 11.1 Å². The van der Waals surface area contributed by atoms with Gasteiger partial charge in [0.25, 0.3) is 0 Å². The number of alkyl halides is 3. The molecule has 1 heterocycles. The summed E-state index contributed by atoms with van der Waals surface area (Å²) in [5, 5.41) is 2.83. The molecule has 4 nitrogen and oxygen atoms in total. The normalized spacial score (nSPS) is 13.2. The molecule has 3 rings (SSSR count). The molecule has 0 saturated carbocycles. The zero-order valence-electron chi connectivity index (χ0n) is 14.1. The Morgan fingerprint density at radius 1 is 1.26 bits per heavy atom. The Morgan fingerprint density at radius 2 is 2.00 bits per heavy atom. The number of aromatic amines is 1. The van der Waals surface area contributed by atoms with E-state index in [1.54, 1.807) is 6.92 Å². The highest BCUT2D eigenvalue weighted by molar-refractivity contribution is 6.32. The van der Waals surface area contributed by atoms with Crippen LogP contribution in [0.25, 0.3) is 17.1 Å². The molecule has 0 radical (unpaired) electrons. The highest BCUT2D eigenvalue weighted by atomic mass is 35.5. The summed E-state index contributed by atoms with van der Waals surface area (Å²) in [6.45, 7) is 1.75. The van der Waals surface area contributed by atoms with E-state index in [1.807, 2.05) is 24.3 Å². The van der Waals surface area contributed by atoms with Gasteiger partial charge in [-0.2, -0.15) is 13.2 Å². The van der Waals surface area contributed by atoms with Gasteiger partial charge in [-0.3, -0.25) is 4.79 Å². The van der Waals surface area contributed by atoms with Gasteiger partial charge in [-0.25, -0.2) is 4.98 Å². The van der Waals surface area contributed by atoms with Gasteiger partial charge in [0.2, 0.25) is 5.91 Å². The summed E-state index contributed by atoms with van der Waals surface area (Å²) in [7, 11) is 0. The van der Waals surface area contributed by atoms with Crippen LogP contribution in [-0.4, -0.2) is 15.9 Å². The summed E-state index contributed by atoms with van der Waals surface area (Å²) in [6, 6.07) is 9.98. The monoisotopic (exact) mass is 393 g/mol. The van der Waals surface area contributed by atoms with Crippen molar-refractivity contribution in [2.75, 3.05) is 0 Å². The van der Waals surface area contributed by atoms with Crippen LogP contribution in [0.15, 0.2) is 48.5 Å². The summed E-state index contributed by atoms with van der Waals surface area (Å²) in [5.41, 5.74) is 0.903. The van der Waals surface area contributed by atoms with Gasteiger partial charge in [-0.05, 0) is 48.9 Å². The number of imidazole rings is 1. The molecule has 140 valence electrons. The molecule has 0 fully saturated rings. The maximum absolute atomic E-state index is 12.8. The van der Waals surface area contributed by atoms with Crippen LogP contribution in [0.3, 0.4) is 0 Å². The van der Waals surface area contributed by atoms with E-state index in [1.165, 1.54) is 6.08 Å². The third-order valence-electron chi connectivity index (χ3n) is 3.91. The molecule has 2 aromatic carbocycles. The van der Waals surface area contributed by atoms with E-state index >= 15 is 0 Å². The maximum Gasteiger partial charge on any atom is 0.416 e. The van der Waals surface area contributed by atoms with Crippen LogP contribution in [0.4, 0.5) is 13.2 Å². The first-order valence-electron chi connectivity index (χ1n) is 8.04. The van der Waals surface area contributed by atoms with Crippen LogP contribution >= 0.6 is 11.6 Å². The number of benzene rings is 2. The van der Waals surface area contributed by atoms with Crippen LogP contribution < -0.4 is 5.32 Å². The lowest BCUT2D eigenvalue weighted by atomic mass is 10.1. The number of H-pyrrole nitrogens is 1. The Balaban J connectivity index is 1.71. The molecular weight excluding hydrogens is 379 g/mol. The lowest BCUT2D eigenvalue weighted by Crippen LogP contribution is -2.25. The molecule has 8 heteroatoms. The Kier molecular flexibility index (Phi) is 5.23. The number of hydrogen-bond donors (Lipinski definition) is 2. The summed E-state index contributed by atoms with van der Waals surface area (Å²) in [4.78, 5) is 19.6. The van der Waals surface area contributed by atoms with E-state index in [-0.39, 0.29) is 10.6 Å². The molecule has 1 amide bonds.